The van der Waals surface area contributed by atoms with Crippen LogP contribution in [0.25, 0.3) is 0 Å². The minimum atomic E-state index is -0.0340. The van der Waals surface area contributed by atoms with Crippen molar-refractivity contribution in [3.63, 3.8) is 0 Å². The van der Waals surface area contributed by atoms with E-state index in [4.69, 9.17) is 13.6 Å². The maximum Gasteiger partial charge on any atom is 0.436 e. The quantitative estimate of drug-likeness (QED) is 0.421. The Morgan fingerprint density at radius 1 is 1.38 bits per heavy atom. The maximum atomic E-state index is 5.16. The van der Waals surface area contributed by atoms with E-state index >= 15 is 0 Å². The average Bonchev–Trinajstić information content (AvgIpc) is 2.15. The van der Waals surface area contributed by atoms with Gasteiger partial charge in [0.2, 0.25) is 0 Å². The third kappa shape index (κ3) is 0.611. The van der Waals surface area contributed by atoms with Crippen LogP contribution in [0.5, 0.6) is 0 Å². The molecule has 3 nitrogen and oxygen atoms in total. The predicted octanol–water partition coefficient (Wildman–Crippen LogP) is -0.318. The van der Waals surface area contributed by atoms with Gasteiger partial charge < -0.3 is 13.6 Å². The molecule has 0 unspecified atom stereocenters. The van der Waals surface area contributed by atoms with Crippen molar-refractivity contribution in [3.8, 4) is 0 Å². The van der Waals surface area contributed by atoms with E-state index in [0.717, 1.165) is 13.0 Å². The van der Waals surface area contributed by atoms with E-state index in [1.54, 1.807) is 0 Å². The Bertz CT molecular complexity index is 77.3. The van der Waals surface area contributed by atoms with Gasteiger partial charge in [0.15, 0.2) is 6.29 Å². The minimum absolute atomic E-state index is 0.0340. The Morgan fingerprint density at radius 2 is 2.38 bits per heavy atom. The molecule has 0 aromatic carbocycles. The topological polar surface area (TPSA) is 27.7 Å². The zero-order valence-corrected chi connectivity index (χ0v) is 5.29. The molecule has 2 aliphatic rings. The summed E-state index contributed by atoms with van der Waals surface area (Å²) in [5.74, 6) is 0. The Balaban J connectivity index is 2.04. The molecule has 2 aliphatic heterocycles. The Hall–Kier alpha value is 0.0969. The number of fused-ring (bicyclic) bond motifs is 1. The van der Waals surface area contributed by atoms with Crippen molar-refractivity contribution in [3.05, 3.63) is 0 Å². The van der Waals surface area contributed by atoms with Gasteiger partial charge in [-0.05, 0) is 0 Å². The molecular weight excluding hydrogens is 124 g/mol. The molecule has 2 heterocycles. The Kier molecular flexibility index (Phi) is 1.11. The van der Waals surface area contributed by atoms with E-state index in [0.29, 0.717) is 0 Å². The van der Waals surface area contributed by atoms with Crippen molar-refractivity contribution in [2.24, 2.45) is 0 Å². The summed E-state index contributed by atoms with van der Waals surface area (Å²) in [7, 11) is 0.202. The molecule has 0 aromatic rings. The normalized spacial score (nSPS) is 45.0. The summed E-state index contributed by atoms with van der Waals surface area (Å²) < 4.78 is 15.4. The van der Waals surface area contributed by atoms with Gasteiger partial charge in [-0.25, -0.2) is 0 Å². The van der Waals surface area contributed by atoms with E-state index in [2.05, 4.69) is 0 Å². The highest BCUT2D eigenvalue weighted by Gasteiger charge is 2.35. The molecule has 0 amide bonds. The van der Waals surface area contributed by atoms with E-state index in [9.17, 15) is 0 Å². The van der Waals surface area contributed by atoms with Gasteiger partial charge in [0, 0.05) is 6.42 Å². The largest absolute Gasteiger partial charge is 0.436 e. The van der Waals surface area contributed by atoms with Gasteiger partial charge in [-0.2, -0.15) is 0 Å². The summed E-state index contributed by atoms with van der Waals surface area (Å²) in [6.45, 7) is 0.791. The number of rotatable bonds is 0. The molecule has 44 valence electrons. The van der Waals surface area contributed by atoms with Crippen molar-refractivity contribution >= 4 is 10.0 Å². The lowest BCUT2D eigenvalue weighted by atomic mass is 10.3. The number of hydrogen-bond acceptors (Lipinski definition) is 3. The molecule has 0 saturated carbocycles. The zero-order valence-electron chi connectivity index (χ0n) is 4.29. The van der Waals surface area contributed by atoms with Gasteiger partial charge in [0.25, 0.3) is 0 Å². The van der Waals surface area contributed by atoms with Gasteiger partial charge in [-0.15, -0.1) is 0 Å². The molecule has 2 rings (SSSR count). The van der Waals surface area contributed by atoms with Crippen LogP contribution in [-0.4, -0.2) is 29.0 Å². The van der Waals surface area contributed by atoms with E-state index in [1.165, 1.54) is 0 Å². The lowest BCUT2D eigenvalue weighted by Gasteiger charge is -2.02. The van der Waals surface area contributed by atoms with Crippen LogP contribution < -0.4 is 0 Å². The molecule has 2 fully saturated rings. The average molecular weight is 130 g/mol. The molecule has 0 N–H and O–H groups in total. The molecule has 0 aromatic heterocycles. The first-order valence-electron chi connectivity index (χ1n) is 2.65. The van der Waals surface area contributed by atoms with E-state index in [-0.39, 0.29) is 22.4 Å². The summed E-state index contributed by atoms with van der Waals surface area (Å²) >= 11 is 0. The van der Waals surface area contributed by atoms with Crippen LogP contribution in [0.1, 0.15) is 6.42 Å². The van der Waals surface area contributed by atoms with Gasteiger partial charge >= 0.3 is 10.0 Å². The summed E-state index contributed by atoms with van der Waals surface area (Å²) in [6, 6.07) is 0. The molecule has 2 atom stereocenters. The van der Waals surface area contributed by atoms with Crippen molar-refractivity contribution < 1.29 is 13.6 Å². The zero-order chi connectivity index (χ0) is 5.40. The van der Waals surface area contributed by atoms with Crippen molar-refractivity contribution in [2.75, 3.05) is 6.61 Å². The van der Waals surface area contributed by atoms with Crippen molar-refractivity contribution in [1.82, 2.24) is 0 Å². The van der Waals surface area contributed by atoms with Gasteiger partial charge in [0.1, 0.15) is 0 Å². The SMILES string of the molecule is C1C[C@H]2O[Si]O[C@H]2O1. The predicted molar refractivity (Wildman–Crippen MR) is 26.1 cm³/mol. The first-order chi connectivity index (χ1) is 3.97. The molecule has 0 aliphatic carbocycles. The van der Waals surface area contributed by atoms with Crippen molar-refractivity contribution in [2.45, 2.75) is 18.8 Å². The van der Waals surface area contributed by atoms with Crippen LogP contribution in [0.4, 0.5) is 0 Å². The highest BCUT2D eigenvalue weighted by molar-refractivity contribution is 6.19. The Labute approximate surface area is 50.0 Å². The first-order valence-corrected chi connectivity index (χ1v) is 3.46. The smallest absolute Gasteiger partial charge is 0.384 e. The maximum absolute atomic E-state index is 5.16. The van der Waals surface area contributed by atoms with Crippen LogP contribution >= 0.6 is 0 Å². The summed E-state index contributed by atoms with van der Waals surface area (Å²) in [4.78, 5) is 0. The highest BCUT2D eigenvalue weighted by atomic mass is 28.3. The fraction of sp³-hybridized carbons (Fsp3) is 1.00. The van der Waals surface area contributed by atoms with Crippen LogP contribution in [0.3, 0.4) is 0 Å². The molecule has 2 radical (unpaired) electrons. The highest BCUT2D eigenvalue weighted by Crippen LogP contribution is 2.21. The molecule has 0 spiro atoms. The second-order valence-corrected chi connectivity index (χ2v) is 2.52. The lowest BCUT2D eigenvalue weighted by Crippen LogP contribution is -2.15. The summed E-state index contributed by atoms with van der Waals surface area (Å²) in [5.41, 5.74) is 0. The summed E-state index contributed by atoms with van der Waals surface area (Å²) in [5, 5.41) is 0. The number of ether oxygens (including phenoxy) is 1. The van der Waals surface area contributed by atoms with Gasteiger partial charge in [-0.1, -0.05) is 0 Å². The van der Waals surface area contributed by atoms with E-state index < -0.39 is 0 Å². The standard InChI is InChI=1S/C4H6O3Si/c1-2-5-4-3(1)6-8-7-4/h3-4H,1-2H2/t3-,4-/m1/s1. The Morgan fingerprint density at radius 3 is 3.25 bits per heavy atom. The number of hydrogen-bond donors (Lipinski definition) is 0. The molecule has 2 saturated heterocycles. The van der Waals surface area contributed by atoms with Gasteiger partial charge in [-0.3, -0.25) is 0 Å². The second kappa shape index (κ2) is 1.80. The van der Waals surface area contributed by atoms with Crippen molar-refractivity contribution in [1.29, 1.82) is 0 Å². The third-order valence-electron chi connectivity index (χ3n) is 1.35. The molecule has 8 heavy (non-hydrogen) atoms. The molecular formula is C4H6O3Si. The molecule has 0 bridgehead atoms. The summed E-state index contributed by atoms with van der Waals surface area (Å²) in [6.07, 6.45) is 1.21. The second-order valence-electron chi connectivity index (χ2n) is 1.89. The molecule has 4 heteroatoms. The lowest BCUT2D eigenvalue weighted by molar-refractivity contribution is -0.0394. The fourth-order valence-electron chi connectivity index (χ4n) is 0.905. The van der Waals surface area contributed by atoms with Gasteiger partial charge in [0.05, 0.1) is 12.7 Å². The first kappa shape index (κ1) is 4.93. The van der Waals surface area contributed by atoms with Crippen LogP contribution in [-0.2, 0) is 13.6 Å². The fourth-order valence-corrected chi connectivity index (χ4v) is 1.63. The minimum Gasteiger partial charge on any atom is -0.384 e. The third-order valence-corrected chi connectivity index (χ3v) is 2.08. The van der Waals surface area contributed by atoms with Crippen LogP contribution in [0.2, 0.25) is 0 Å². The van der Waals surface area contributed by atoms with E-state index in [1.807, 2.05) is 0 Å². The van der Waals surface area contributed by atoms with Crippen LogP contribution in [0.15, 0.2) is 0 Å². The monoisotopic (exact) mass is 130 g/mol. The van der Waals surface area contributed by atoms with Crippen LogP contribution in [0, 0.1) is 0 Å².